The Hall–Kier alpha value is -1.93. The van der Waals surface area contributed by atoms with E-state index in [-0.39, 0.29) is 29.5 Å². The van der Waals surface area contributed by atoms with Crippen LogP contribution in [0.25, 0.3) is 0 Å². The number of halogens is 1. The Balaban J connectivity index is 2.05. The molecule has 0 atom stereocenters. The van der Waals surface area contributed by atoms with E-state index in [1.165, 1.54) is 25.3 Å². The summed E-state index contributed by atoms with van der Waals surface area (Å²) in [5.74, 6) is -0.367. The van der Waals surface area contributed by atoms with Gasteiger partial charge in [-0.15, -0.1) is 0 Å². The van der Waals surface area contributed by atoms with Crippen LogP contribution < -0.4 is 10.0 Å². The molecule has 2 rings (SSSR count). The second-order valence-electron chi connectivity index (χ2n) is 5.23. The molecule has 0 saturated heterocycles. The number of carbonyl (C=O) groups is 1. The fraction of sp³-hybridized carbons (Fsp3) is 0.235. The molecule has 25 heavy (non-hydrogen) atoms. The maximum atomic E-state index is 12.3. The van der Waals surface area contributed by atoms with Gasteiger partial charge in [-0.25, -0.2) is 13.1 Å². The van der Waals surface area contributed by atoms with Crippen molar-refractivity contribution in [3.63, 3.8) is 0 Å². The van der Waals surface area contributed by atoms with E-state index < -0.39 is 10.0 Å². The van der Waals surface area contributed by atoms with Crippen LogP contribution in [0.5, 0.6) is 0 Å². The van der Waals surface area contributed by atoms with E-state index in [2.05, 4.69) is 10.0 Å². The number of carbonyl (C=O) groups excluding carboxylic acids is 1. The Morgan fingerprint density at radius 2 is 1.92 bits per heavy atom. The van der Waals surface area contributed by atoms with Crippen LogP contribution >= 0.6 is 11.6 Å². The number of sulfonamides is 1. The van der Waals surface area contributed by atoms with Gasteiger partial charge in [0.25, 0.3) is 5.91 Å². The standard InChI is InChI=1S/C17H19ClN2O4S/c1-24-9-8-20-25(22,23)16-7-3-5-14(11-16)17(21)19-12-13-4-2-6-15(18)10-13/h2-7,10-11,20H,8-9,12H2,1H3,(H,19,21). The highest BCUT2D eigenvalue weighted by atomic mass is 35.5. The van der Waals surface area contributed by atoms with E-state index in [0.717, 1.165) is 5.56 Å². The van der Waals surface area contributed by atoms with E-state index in [1.54, 1.807) is 24.3 Å². The molecular weight excluding hydrogens is 364 g/mol. The normalized spacial score (nSPS) is 11.3. The molecule has 0 fully saturated rings. The van der Waals surface area contributed by atoms with Crippen LogP contribution in [0.15, 0.2) is 53.4 Å². The molecule has 2 aromatic rings. The first-order valence-electron chi connectivity index (χ1n) is 7.54. The minimum absolute atomic E-state index is 0.0269. The molecule has 0 aliphatic heterocycles. The maximum absolute atomic E-state index is 12.3. The Bertz CT molecular complexity index is 840. The third kappa shape index (κ3) is 5.82. The summed E-state index contributed by atoms with van der Waals surface area (Å²) in [4.78, 5) is 12.3. The van der Waals surface area contributed by atoms with Crippen LogP contribution in [0.2, 0.25) is 5.02 Å². The van der Waals surface area contributed by atoms with Crippen LogP contribution in [-0.4, -0.2) is 34.6 Å². The van der Waals surface area contributed by atoms with E-state index in [4.69, 9.17) is 16.3 Å². The molecule has 2 aromatic carbocycles. The molecule has 0 aliphatic rings. The summed E-state index contributed by atoms with van der Waals surface area (Å²) in [5.41, 5.74) is 1.11. The van der Waals surface area contributed by atoms with Gasteiger partial charge in [0.15, 0.2) is 0 Å². The summed E-state index contributed by atoms with van der Waals surface area (Å²) in [6.07, 6.45) is 0. The van der Waals surface area contributed by atoms with E-state index in [9.17, 15) is 13.2 Å². The Morgan fingerprint density at radius 1 is 1.16 bits per heavy atom. The van der Waals surface area contributed by atoms with Crippen molar-refractivity contribution in [3.05, 3.63) is 64.7 Å². The average Bonchev–Trinajstić information content (AvgIpc) is 2.60. The smallest absolute Gasteiger partial charge is 0.251 e. The fourth-order valence-corrected chi connectivity index (χ4v) is 3.37. The molecule has 0 saturated carbocycles. The van der Waals surface area contributed by atoms with E-state index in [1.807, 2.05) is 6.07 Å². The molecule has 8 heteroatoms. The zero-order valence-electron chi connectivity index (χ0n) is 13.7. The largest absolute Gasteiger partial charge is 0.383 e. The first-order valence-corrected chi connectivity index (χ1v) is 9.40. The summed E-state index contributed by atoms with van der Waals surface area (Å²) >= 11 is 5.90. The quantitative estimate of drug-likeness (QED) is 0.685. The number of hydrogen-bond donors (Lipinski definition) is 2. The second-order valence-corrected chi connectivity index (χ2v) is 7.43. The first kappa shape index (κ1) is 19.4. The van der Waals surface area contributed by atoms with Crippen LogP contribution in [-0.2, 0) is 21.3 Å². The van der Waals surface area contributed by atoms with Crippen molar-refractivity contribution in [2.45, 2.75) is 11.4 Å². The van der Waals surface area contributed by atoms with Gasteiger partial charge in [-0.2, -0.15) is 0 Å². The lowest BCUT2D eigenvalue weighted by atomic mass is 10.2. The molecule has 0 bridgehead atoms. The van der Waals surface area contributed by atoms with Crippen molar-refractivity contribution in [1.82, 2.24) is 10.0 Å². The average molecular weight is 383 g/mol. The maximum Gasteiger partial charge on any atom is 0.251 e. The molecule has 0 unspecified atom stereocenters. The summed E-state index contributed by atoms with van der Waals surface area (Å²) in [7, 11) is -2.20. The van der Waals surface area contributed by atoms with Gasteiger partial charge in [-0.05, 0) is 35.9 Å². The van der Waals surface area contributed by atoms with Crippen molar-refractivity contribution >= 4 is 27.5 Å². The molecule has 1 amide bonds. The zero-order valence-corrected chi connectivity index (χ0v) is 15.2. The number of benzene rings is 2. The van der Waals surface area contributed by atoms with Gasteiger partial charge < -0.3 is 10.1 Å². The number of hydrogen-bond acceptors (Lipinski definition) is 4. The summed E-state index contributed by atoms with van der Waals surface area (Å²) in [6, 6.07) is 13.0. The Labute approximate surface area is 152 Å². The third-order valence-corrected chi connectivity index (χ3v) is 5.04. The van der Waals surface area contributed by atoms with Crippen LogP contribution in [0.4, 0.5) is 0 Å². The number of amides is 1. The van der Waals surface area contributed by atoms with Gasteiger partial charge in [0.05, 0.1) is 11.5 Å². The predicted octanol–water partition coefficient (Wildman–Crippen LogP) is 2.19. The van der Waals surface area contributed by atoms with Gasteiger partial charge in [-0.3, -0.25) is 4.79 Å². The minimum Gasteiger partial charge on any atom is -0.383 e. The zero-order chi connectivity index (χ0) is 18.3. The van der Waals surface area contributed by atoms with Gasteiger partial charge in [-0.1, -0.05) is 29.8 Å². The van der Waals surface area contributed by atoms with Crippen LogP contribution in [0.1, 0.15) is 15.9 Å². The number of ether oxygens (including phenoxy) is 1. The summed E-state index contributed by atoms with van der Waals surface area (Å²) in [6.45, 7) is 0.714. The Kier molecular flexibility index (Phi) is 6.95. The highest BCUT2D eigenvalue weighted by Gasteiger charge is 2.15. The highest BCUT2D eigenvalue weighted by molar-refractivity contribution is 7.89. The molecule has 0 heterocycles. The number of nitrogens with one attached hydrogen (secondary N) is 2. The number of rotatable bonds is 8. The highest BCUT2D eigenvalue weighted by Crippen LogP contribution is 2.13. The monoisotopic (exact) mass is 382 g/mol. The minimum atomic E-state index is -3.69. The molecular formula is C17H19ClN2O4S. The Morgan fingerprint density at radius 3 is 2.64 bits per heavy atom. The molecule has 0 aliphatic carbocycles. The van der Waals surface area contributed by atoms with Crippen LogP contribution in [0, 0.1) is 0 Å². The van der Waals surface area contributed by atoms with Gasteiger partial charge >= 0.3 is 0 Å². The lowest BCUT2D eigenvalue weighted by molar-refractivity contribution is 0.0950. The van der Waals surface area contributed by atoms with E-state index in [0.29, 0.717) is 11.6 Å². The van der Waals surface area contributed by atoms with Crippen molar-refractivity contribution in [3.8, 4) is 0 Å². The van der Waals surface area contributed by atoms with Crippen LogP contribution in [0.3, 0.4) is 0 Å². The number of methoxy groups -OCH3 is 1. The lowest BCUT2D eigenvalue weighted by Gasteiger charge is -2.09. The van der Waals surface area contributed by atoms with Crippen molar-refractivity contribution in [2.75, 3.05) is 20.3 Å². The summed E-state index contributed by atoms with van der Waals surface area (Å²) in [5, 5.41) is 3.33. The first-order chi connectivity index (χ1) is 11.9. The van der Waals surface area contributed by atoms with Gasteiger partial charge in [0.1, 0.15) is 0 Å². The topological polar surface area (TPSA) is 84.5 Å². The third-order valence-electron chi connectivity index (χ3n) is 3.35. The van der Waals surface area contributed by atoms with Gasteiger partial charge in [0, 0.05) is 30.8 Å². The molecule has 0 spiro atoms. The second kappa shape index (κ2) is 8.96. The molecule has 2 N–H and O–H groups in total. The molecule has 134 valence electrons. The van der Waals surface area contributed by atoms with Gasteiger partial charge in [0.2, 0.25) is 10.0 Å². The van der Waals surface area contributed by atoms with E-state index >= 15 is 0 Å². The van der Waals surface area contributed by atoms with Crippen molar-refractivity contribution < 1.29 is 17.9 Å². The van der Waals surface area contributed by atoms with Crippen molar-refractivity contribution in [2.24, 2.45) is 0 Å². The predicted molar refractivity (Wildman–Crippen MR) is 96.1 cm³/mol. The molecule has 0 radical (unpaired) electrons. The van der Waals surface area contributed by atoms with Crippen molar-refractivity contribution in [1.29, 1.82) is 0 Å². The SMILES string of the molecule is COCCNS(=O)(=O)c1cccc(C(=O)NCc2cccc(Cl)c2)c1. The fourth-order valence-electron chi connectivity index (χ4n) is 2.10. The lowest BCUT2D eigenvalue weighted by Crippen LogP contribution is -2.28. The molecule has 6 nitrogen and oxygen atoms in total. The molecule has 0 aromatic heterocycles. The summed E-state index contributed by atoms with van der Waals surface area (Å²) < 4.78 is 31.6.